The van der Waals surface area contributed by atoms with Crippen molar-refractivity contribution >= 4 is 5.97 Å². The maximum absolute atomic E-state index is 10.8. The van der Waals surface area contributed by atoms with E-state index in [0.717, 1.165) is 0 Å². The van der Waals surface area contributed by atoms with E-state index in [9.17, 15) is 4.79 Å². The number of hydrogen-bond donors (Lipinski definition) is 2. The smallest absolute Gasteiger partial charge is 0.306 e. The third-order valence-electron chi connectivity index (χ3n) is 0.785. The van der Waals surface area contributed by atoms with Crippen molar-refractivity contribution in [2.75, 3.05) is 27.6 Å². The molecule has 0 fully saturated rings. The first-order chi connectivity index (χ1) is 7.71. The Morgan fingerprint density at radius 1 is 2.00 bits per heavy atom. The molecule has 0 aliphatic rings. The van der Waals surface area contributed by atoms with Gasteiger partial charge in [0.15, 0.2) is 0 Å². The van der Waals surface area contributed by atoms with Gasteiger partial charge in [0.05, 0.1) is 32.9 Å². The van der Waals surface area contributed by atoms with Gasteiger partial charge >= 0.3 is 5.97 Å². The van der Waals surface area contributed by atoms with Crippen LogP contribution in [0.15, 0.2) is 0 Å². The zero-order valence-electron chi connectivity index (χ0n) is 13.4. The van der Waals surface area contributed by atoms with Gasteiger partial charge in [0.25, 0.3) is 0 Å². The number of carbonyl (C=O) groups is 1. The standard InChI is InChI=1S/C7H15NO3/c1-8(2,3)5-6(9)4-7(10)11/h6,9H,4-5H2,1-3H3/p+1/t6-/m1/s1/i1D3,4D2,6D,9D. The lowest BCUT2D eigenvalue weighted by Gasteiger charge is -2.25. The summed E-state index contributed by atoms with van der Waals surface area (Å²) in [6, 6.07) is 0. The monoisotopic (exact) mass is 169 g/mol. The van der Waals surface area contributed by atoms with Gasteiger partial charge in [-0.3, -0.25) is 4.79 Å². The highest BCUT2D eigenvalue weighted by Crippen LogP contribution is 1.98. The van der Waals surface area contributed by atoms with Crippen molar-refractivity contribution in [3.63, 3.8) is 0 Å². The van der Waals surface area contributed by atoms with E-state index >= 15 is 0 Å². The van der Waals surface area contributed by atoms with Crippen LogP contribution in [0.4, 0.5) is 0 Å². The van der Waals surface area contributed by atoms with Gasteiger partial charge in [-0.1, -0.05) is 0 Å². The fourth-order valence-corrected chi connectivity index (χ4v) is 0.518. The molecular formula is C7H16NO3+. The van der Waals surface area contributed by atoms with Crippen molar-refractivity contribution in [1.82, 2.24) is 0 Å². The van der Waals surface area contributed by atoms with E-state index in [-0.39, 0.29) is 0 Å². The lowest BCUT2D eigenvalue weighted by molar-refractivity contribution is -0.873. The average Bonchev–Trinajstić information content (AvgIpc) is 2.14. The van der Waals surface area contributed by atoms with Crippen molar-refractivity contribution in [2.24, 2.45) is 0 Å². The Balaban J connectivity index is 5.42. The molecule has 0 rings (SSSR count). The molecule has 0 bridgehead atoms. The van der Waals surface area contributed by atoms with Crippen LogP contribution in [0, 0.1) is 0 Å². The molecule has 1 atom stereocenters. The highest BCUT2D eigenvalue weighted by molar-refractivity contribution is 5.67. The van der Waals surface area contributed by atoms with Crippen LogP contribution < -0.4 is 0 Å². The predicted octanol–water partition coefficient (Wildman–Crippen LogP) is -0.472. The van der Waals surface area contributed by atoms with Gasteiger partial charge in [-0.2, -0.15) is 0 Å². The minimum Gasteiger partial charge on any atom is -0.481 e. The molecule has 0 saturated carbocycles. The lowest BCUT2D eigenvalue weighted by atomic mass is 10.2. The van der Waals surface area contributed by atoms with Gasteiger partial charge in [0.1, 0.15) is 12.6 Å². The molecule has 2 N–H and O–H groups in total. The minimum atomic E-state index is -3.21. The van der Waals surface area contributed by atoms with Crippen LogP contribution in [0.25, 0.3) is 0 Å². The maximum atomic E-state index is 10.8. The zero-order chi connectivity index (χ0) is 15.0. The Morgan fingerprint density at radius 2 is 2.64 bits per heavy atom. The van der Waals surface area contributed by atoms with Gasteiger partial charge in [-0.15, -0.1) is 0 Å². The molecule has 0 aromatic heterocycles. The van der Waals surface area contributed by atoms with Crippen molar-refractivity contribution in [3.8, 4) is 0 Å². The van der Waals surface area contributed by atoms with Crippen LogP contribution in [0.5, 0.6) is 0 Å². The predicted molar refractivity (Wildman–Crippen MR) is 41.2 cm³/mol. The lowest BCUT2D eigenvalue weighted by Crippen LogP contribution is -2.42. The summed E-state index contributed by atoms with van der Waals surface area (Å²) in [6.45, 7) is -3.42. The fraction of sp³-hybridized carbons (Fsp3) is 0.857. The molecule has 0 amide bonds. The van der Waals surface area contributed by atoms with Crippen molar-refractivity contribution in [1.29, 1.82) is 1.43 Å². The first kappa shape index (κ1) is 3.41. The molecule has 0 saturated heterocycles. The van der Waals surface area contributed by atoms with E-state index in [2.05, 4.69) is 5.11 Å². The number of aliphatic carboxylic acids is 1. The topological polar surface area (TPSA) is 57.5 Å². The van der Waals surface area contributed by atoms with E-state index in [4.69, 9.17) is 14.8 Å². The summed E-state index contributed by atoms with van der Waals surface area (Å²) >= 11 is 0. The molecule has 11 heavy (non-hydrogen) atoms. The molecule has 0 heterocycles. The number of likely N-dealkylation sites (N-methyl/N-ethyl adjacent to an activating group) is 1. The first-order valence-electron chi connectivity index (χ1n) is 6.33. The van der Waals surface area contributed by atoms with Crippen LogP contribution in [-0.2, 0) is 4.79 Å². The van der Waals surface area contributed by atoms with Gasteiger partial charge in [-0.05, 0) is 0 Å². The second-order valence-electron chi connectivity index (χ2n) is 2.70. The van der Waals surface area contributed by atoms with Gasteiger partial charge < -0.3 is 14.7 Å². The molecule has 0 unspecified atom stereocenters. The molecule has 0 aliphatic carbocycles. The summed E-state index contributed by atoms with van der Waals surface area (Å²) in [7, 11) is 2.35. The third-order valence-corrected chi connectivity index (χ3v) is 0.785. The summed E-state index contributed by atoms with van der Waals surface area (Å²) in [5.41, 5.74) is 0. The molecule has 0 radical (unpaired) electrons. The quantitative estimate of drug-likeness (QED) is 0.547. The molecule has 0 aromatic carbocycles. The number of hydrogen-bond acceptors (Lipinski definition) is 2. The van der Waals surface area contributed by atoms with E-state index in [1.54, 1.807) is 0 Å². The molecule has 0 spiro atoms. The minimum absolute atomic E-state index is 0.827. The van der Waals surface area contributed by atoms with Crippen LogP contribution in [0.3, 0.4) is 0 Å². The van der Waals surface area contributed by atoms with Crippen LogP contribution in [0.1, 0.15) is 14.6 Å². The number of aliphatic hydroxyl groups is 1. The van der Waals surface area contributed by atoms with Gasteiger partial charge in [0, 0.05) is 2.74 Å². The molecular weight excluding hydrogens is 146 g/mol. The fourth-order valence-electron chi connectivity index (χ4n) is 0.518. The van der Waals surface area contributed by atoms with Crippen molar-refractivity contribution < 1.29 is 27.7 Å². The number of rotatable bonds is 5. The van der Waals surface area contributed by atoms with Crippen molar-refractivity contribution in [3.05, 3.63) is 0 Å². The summed E-state index contributed by atoms with van der Waals surface area (Å²) in [6.07, 6.45) is -6.05. The van der Waals surface area contributed by atoms with Crippen LogP contribution >= 0.6 is 0 Å². The second kappa shape index (κ2) is 3.69. The third kappa shape index (κ3) is 7.29. The van der Waals surface area contributed by atoms with E-state index < -0.39 is 36.4 Å². The van der Waals surface area contributed by atoms with Crippen LogP contribution in [0.2, 0.25) is 0 Å². The summed E-state index contributed by atoms with van der Waals surface area (Å²) in [5, 5.41) is 12.6. The highest BCUT2D eigenvalue weighted by Gasteiger charge is 2.17. The van der Waals surface area contributed by atoms with Gasteiger partial charge in [0.2, 0.25) is 1.43 Å². The van der Waals surface area contributed by atoms with Gasteiger partial charge in [-0.25, -0.2) is 0 Å². The molecule has 4 heteroatoms. The highest BCUT2D eigenvalue weighted by atomic mass is 16.4. The summed E-state index contributed by atoms with van der Waals surface area (Å²) in [4.78, 5) is 10.8. The SMILES string of the molecule is [2H]O[C@@]([2H])(C[N+](C)(C)C([2H])([2H])[2H])C([2H])([2H])C(=O)O. The largest absolute Gasteiger partial charge is 0.481 e. The molecule has 0 aliphatic heterocycles. The maximum Gasteiger partial charge on any atom is 0.306 e. The van der Waals surface area contributed by atoms with E-state index in [1.807, 2.05) is 0 Å². The van der Waals surface area contributed by atoms with Crippen molar-refractivity contribution in [2.45, 2.75) is 12.5 Å². The van der Waals surface area contributed by atoms with Crippen LogP contribution in [-0.4, -0.2) is 55.8 Å². The Hall–Kier alpha value is -0.610. The number of quaternary nitrogens is 1. The number of carboxylic acid groups (broad SMARTS) is 1. The van der Waals surface area contributed by atoms with E-state index in [1.165, 1.54) is 14.1 Å². The number of carboxylic acids is 1. The average molecular weight is 169 g/mol. The Kier molecular flexibility index (Phi) is 1.14. The Labute approximate surface area is 76.6 Å². The zero-order valence-corrected chi connectivity index (χ0v) is 6.42. The normalized spacial score (nSPS) is 29.1. The summed E-state index contributed by atoms with van der Waals surface area (Å²) in [5.74, 6) is -1.99. The molecule has 4 nitrogen and oxygen atoms in total. The summed E-state index contributed by atoms with van der Waals surface area (Å²) < 4.78 is 49.7. The van der Waals surface area contributed by atoms with E-state index in [0.29, 0.717) is 0 Å². The molecule has 66 valence electrons. The number of nitrogens with zero attached hydrogens (tertiary/aromatic N) is 1. The Bertz CT molecular complexity index is 329. The Morgan fingerprint density at radius 3 is 3.00 bits per heavy atom. The second-order valence-corrected chi connectivity index (χ2v) is 2.70. The first-order valence-corrected chi connectivity index (χ1v) is 2.92. The molecule has 0 aromatic rings.